The average Bonchev–Trinajstić information content (AvgIpc) is 2.90. The molecule has 4 nitrogen and oxygen atoms in total. The summed E-state index contributed by atoms with van der Waals surface area (Å²) < 4.78 is 11.3. The van der Waals surface area contributed by atoms with E-state index in [4.69, 9.17) is 9.47 Å². The summed E-state index contributed by atoms with van der Waals surface area (Å²) >= 11 is 0. The minimum atomic E-state index is 0.574. The number of rotatable bonds is 1. The van der Waals surface area contributed by atoms with E-state index in [-0.39, 0.29) is 0 Å². The molecule has 0 amide bonds. The van der Waals surface area contributed by atoms with Crippen LogP contribution in [0.15, 0.2) is 42.5 Å². The molecule has 0 unspecified atom stereocenters. The molecule has 0 bridgehead atoms. The molecule has 94 valence electrons. The molecule has 0 aliphatic carbocycles. The Labute approximate surface area is 110 Å². The molecule has 1 aliphatic rings. The summed E-state index contributed by atoms with van der Waals surface area (Å²) in [5.41, 5.74) is 2.91. The molecule has 0 fully saturated rings. The first-order valence-electron chi connectivity index (χ1n) is 6.25. The fraction of sp³-hybridized carbons (Fsp3) is 0.133. The maximum atomic E-state index is 5.72. The molecule has 2 heterocycles. The van der Waals surface area contributed by atoms with Crippen LogP contribution in [-0.4, -0.2) is 23.2 Å². The number of aromatic nitrogens is 2. The molecule has 1 N–H and O–H groups in total. The van der Waals surface area contributed by atoms with E-state index >= 15 is 0 Å². The third kappa shape index (κ3) is 1.64. The standard InChI is InChI=1S/C15H12N2O2/c1-2-6-12-11(5-1)16-15(17-12)10-4-3-7-13-14(10)19-9-8-18-13/h1-7H,8-9H2,(H,16,17). The van der Waals surface area contributed by atoms with Crippen molar-refractivity contribution in [2.75, 3.05) is 13.2 Å². The van der Waals surface area contributed by atoms with Crippen molar-refractivity contribution < 1.29 is 9.47 Å². The number of H-pyrrole nitrogens is 1. The molecule has 0 radical (unpaired) electrons. The first kappa shape index (κ1) is 10.4. The number of nitrogens with zero attached hydrogens (tertiary/aromatic N) is 1. The van der Waals surface area contributed by atoms with Crippen LogP contribution < -0.4 is 9.47 Å². The van der Waals surface area contributed by atoms with E-state index in [9.17, 15) is 0 Å². The Morgan fingerprint density at radius 1 is 0.947 bits per heavy atom. The zero-order valence-electron chi connectivity index (χ0n) is 10.2. The summed E-state index contributed by atoms with van der Waals surface area (Å²) in [6.07, 6.45) is 0. The van der Waals surface area contributed by atoms with Gasteiger partial charge >= 0.3 is 0 Å². The van der Waals surface area contributed by atoms with Gasteiger partial charge in [0.2, 0.25) is 0 Å². The van der Waals surface area contributed by atoms with Crippen LogP contribution in [0.2, 0.25) is 0 Å². The highest BCUT2D eigenvalue weighted by Crippen LogP contribution is 2.39. The van der Waals surface area contributed by atoms with E-state index in [1.165, 1.54) is 0 Å². The van der Waals surface area contributed by atoms with Crippen molar-refractivity contribution in [2.24, 2.45) is 0 Å². The smallest absolute Gasteiger partial charge is 0.172 e. The topological polar surface area (TPSA) is 47.1 Å². The lowest BCUT2D eigenvalue weighted by atomic mass is 10.1. The van der Waals surface area contributed by atoms with Gasteiger partial charge in [-0.15, -0.1) is 0 Å². The fourth-order valence-electron chi connectivity index (χ4n) is 2.34. The first-order valence-corrected chi connectivity index (χ1v) is 6.25. The van der Waals surface area contributed by atoms with Crippen molar-refractivity contribution in [1.29, 1.82) is 0 Å². The Bertz CT molecular complexity index is 716. The number of aromatic amines is 1. The van der Waals surface area contributed by atoms with Gasteiger partial charge in [0.25, 0.3) is 0 Å². The van der Waals surface area contributed by atoms with Crippen molar-refractivity contribution in [3.8, 4) is 22.9 Å². The summed E-state index contributed by atoms with van der Waals surface area (Å²) in [5.74, 6) is 2.36. The Hall–Kier alpha value is -2.49. The van der Waals surface area contributed by atoms with Crippen molar-refractivity contribution in [2.45, 2.75) is 0 Å². The third-order valence-electron chi connectivity index (χ3n) is 3.21. The Morgan fingerprint density at radius 3 is 2.79 bits per heavy atom. The third-order valence-corrected chi connectivity index (χ3v) is 3.21. The summed E-state index contributed by atoms with van der Waals surface area (Å²) in [5, 5.41) is 0. The molecule has 2 aromatic carbocycles. The quantitative estimate of drug-likeness (QED) is 0.724. The summed E-state index contributed by atoms with van der Waals surface area (Å²) in [6, 6.07) is 13.8. The highest BCUT2D eigenvalue weighted by Gasteiger charge is 2.18. The molecule has 4 heteroatoms. The average molecular weight is 252 g/mol. The number of ether oxygens (including phenoxy) is 2. The van der Waals surface area contributed by atoms with Crippen LogP contribution in [0.4, 0.5) is 0 Å². The second-order valence-corrected chi connectivity index (χ2v) is 4.43. The van der Waals surface area contributed by atoms with Gasteiger partial charge in [0.1, 0.15) is 19.0 Å². The number of imidazole rings is 1. The lowest BCUT2D eigenvalue weighted by Crippen LogP contribution is -2.15. The maximum Gasteiger partial charge on any atom is 0.172 e. The van der Waals surface area contributed by atoms with Crippen LogP contribution >= 0.6 is 0 Å². The second kappa shape index (κ2) is 4.02. The van der Waals surface area contributed by atoms with Gasteiger partial charge in [-0.25, -0.2) is 4.98 Å². The molecule has 0 saturated carbocycles. The largest absolute Gasteiger partial charge is 0.486 e. The number of hydrogen-bond acceptors (Lipinski definition) is 3. The lowest BCUT2D eigenvalue weighted by molar-refractivity contribution is 0.172. The minimum Gasteiger partial charge on any atom is -0.486 e. The normalized spacial score (nSPS) is 13.7. The van der Waals surface area contributed by atoms with Gasteiger partial charge in [-0.2, -0.15) is 0 Å². The Balaban J connectivity index is 1.92. The number of para-hydroxylation sites is 3. The summed E-state index contributed by atoms with van der Waals surface area (Å²) in [7, 11) is 0. The second-order valence-electron chi connectivity index (χ2n) is 4.43. The van der Waals surface area contributed by atoms with Gasteiger partial charge < -0.3 is 14.5 Å². The molecule has 1 aromatic heterocycles. The van der Waals surface area contributed by atoms with Crippen LogP contribution in [0, 0.1) is 0 Å². The van der Waals surface area contributed by atoms with Crippen LogP contribution in [0.3, 0.4) is 0 Å². The van der Waals surface area contributed by atoms with Gasteiger partial charge in [-0.05, 0) is 24.3 Å². The van der Waals surface area contributed by atoms with Crippen molar-refractivity contribution >= 4 is 11.0 Å². The predicted molar refractivity (Wildman–Crippen MR) is 72.5 cm³/mol. The Kier molecular flexibility index (Phi) is 2.21. The predicted octanol–water partition coefficient (Wildman–Crippen LogP) is 3.00. The van der Waals surface area contributed by atoms with E-state index < -0.39 is 0 Å². The van der Waals surface area contributed by atoms with Crippen molar-refractivity contribution in [1.82, 2.24) is 9.97 Å². The van der Waals surface area contributed by atoms with E-state index in [0.29, 0.717) is 13.2 Å². The zero-order valence-corrected chi connectivity index (χ0v) is 10.2. The Morgan fingerprint density at radius 2 is 1.84 bits per heavy atom. The fourth-order valence-corrected chi connectivity index (χ4v) is 2.34. The van der Waals surface area contributed by atoms with E-state index in [1.807, 2.05) is 42.5 Å². The van der Waals surface area contributed by atoms with E-state index in [2.05, 4.69) is 9.97 Å². The van der Waals surface area contributed by atoms with Gasteiger partial charge in [-0.1, -0.05) is 18.2 Å². The molecule has 0 atom stereocenters. The van der Waals surface area contributed by atoms with Crippen LogP contribution in [-0.2, 0) is 0 Å². The molecule has 3 aromatic rings. The zero-order chi connectivity index (χ0) is 12.7. The molecule has 19 heavy (non-hydrogen) atoms. The molecule has 0 spiro atoms. The molecule has 4 rings (SSSR count). The molecule has 1 aliphatic heterocycles. The highest BCUT2D eigenvalue weighted by molar-refractivity contribution is 5.81. The van der Waals surface area contributed by atoms with Crippen molar-refractivity contribution in [3.05, 3.63) is 42.5 Å². The van der Waals surface area contributed by atoms with Crippen LogP contribution in [0.5, 0.6) is 11.5 Å². The van der Waals surface area contributed by atoms with Gasteiger partial charge in [0, 0.05) is 0 Å². The number of benzene rings is 2. The summed E-state index contributed by atoms with van der Waals surface area (Å²) in [4.78, 5) is 7.92. The highest BCUT2D eigenvalue weighted by atomic mass is 16.6. The van der Waals surface area contributed by atoms with Gasteiger partial charge in [-0.3, -0.25) is 0 Å². The maximum absolute atomic E-state index is 5.72. The first-order chi connectivity index (χ1) is 9.42. The van der Waals surface area contributed by atoms with Gasteiger partial charge in [0.15, 0.2) is 11.5 Å². The van der Waals surface area contributed by atoms with Crippen LogP contribution in [0.25, 0.3) is 22.4 Å². The van der Waals surface area contributed by atoms with Crippen LogP contribution in [0.1, 0.15) is 0 Å². The lowest BCUT2D eigenvalue weighted by Gasteiger charge is -2.20. The number of nitrogens with one attached hydrogen (secondary N) is 1. The van der Waals surface area contributed by atoms with Gasteiger partial charge in [0.05, 0.1) is 16.6 Å². The van der Waals surface area contributed by atoms with Crippen molar-refractivity contribution in [3.63, 3.8) is 0 Å². The minimum absolute atomic E-state index is 0.574. The number of hydrogen-bond donors (Lipinski definition) is 1. The number of fused-ring (bicyclic) bond motifs is 2. The molecular formula is C15H12N2O2. The summed E-state index contributed by atoms with van der Waals surface area (Å²) in [6.45, 7) is 1.17. The van der Waals surface area contributed by atoms with E-state index in [1.54, 1.807) is 0 Å². The SMILES string of the molecule is c1cc2c(c(-c3nc4ccccc4[nH]3)c1)OCCO2. The monoisotopic (exact) mass is 252 g/mol. The molecule has 0 saturated heterocycles. The molecular weight excluding hydrogens is 240 g/mol. The van der Waals surface area contributed by atoms with E-state index in [0.717, 1.165) is 33.9 Å².